The van der Waals surface area contributed by atoms with E-state index in [1.165, 1.54) is 45.8 Å². The Labute approximate surface area is 191 Å². The van der Waals surface area contributed by atoms with Gasteiger partial charge in [-0.3, -0.25) is 19.7 Å². The van der Waals surface area contributed by atoms with Gasteiger partial charge in [0, 0.05) is 5.56 Å². The van der Waals surface area contributed by atoms with Gasteiger partial charge in [-0.25, -0.2) is 4.90 Å². The molecule has 1 N–H and O–H groups in total. The molecule has 1 aliphatic rings. The van der Waals surface area contributed by atoms with Gasteiger partial charge in [0.15, 0.2) is 5.01 Å². The average Bonchev–Trinajstić information content (AvgIpc) is 3.50. The van der Waals surface area contributed by atoms with Crippen molar-refractivity contribution in [3.63, 3.8) is 0 Å². The highest BCUT2D eigenvalue weighted by Crippen LogP contribution is 2.32. The zero-order valence-electron chi connectivity index (χ0n) is 17.1. The van der Waals surface area contributed by atoms with Crippen LogP contribution in [0.15, 0.2) is 53.9 Å². The molecule has 3 amide bonds. The van der Waals surface area contributed by atoms with Crippen LogP contribution in [-0.4, -0.2) is 27.9 Å². The highest BCUT2D eigenvalue weighted by Gasteiger charge is 2.37. The molecule has 3 heterocycles. The predicted molar refractivity (Wildman–Crippen MR) is 125 cm³/mol. The smallest absolute Gasteiger partial charge is 0.266 e. The molecule has 158 valence electrons. The van der Waals surface area contributed by atoms with E-state index in [2.05, 4.69) is 15.5 Å². The molecule has 1 aliphatic heterocycles. The molecule has 0 saturated heterocycles. The first kappa shape index (κ1) is 20.2. The summed E-state index contributed by atoms with van der Waals surface area (Å²) in [4.78, 5) is 40.9. The third-order valence-corrected chi connectivity index (χ3v) is 7.00. The van der Waals surface area contributed by atoms with Crippen LogP contribution in [0, 0.1) is 13.8 Å². The lowest BCUT2D eigenvalue weighted by Gasteiger charge is -2.16. The summed E-state index contributed by atoms with van der Waals surface area (Å²) in [6, 6.07) is 13.9. The molecule has 0 saturated carbocycles. The van der Waals surface area contributed by atoms with Gasteiger partial charge < -0.3 is 0 Å². The highest BCUT2D eigenvalue weighted by molar-refractivity contribution is 7.23. The van der Waals surface area contributed by atoms with E-state index in [0.29, 0.717) is 15.8 Å². The molecule has 0 atom stereocenters. The summed E-state index contributed by atoms with van der Waals surface area (Å²) in [5, 5.41) is 13.9. The third-order valence-electron chi connectivity index (χ3n) is 5.12. The van der Waals surface area contributed by atoms with Gasteiger partial charge in [0.1, 0.15) is 0 Å². The van der Waals surface area contributed by atoms with E-state index < -0.39 is 17.7 Å². The molecule has 0 bridgehead atoms. The van der Waals surface area contributed by atoms with E-state index in [1.807, 2.05) is 43.5 Å². The SMILES string of the molecule is Cc1ccc(N2C(=O)c3ccc(C(=O)Nc4nnc(-c5cccs5)s4)cc3C2=O)c(C)c1. The summed E-state index contributed by atoms with van der Waals surface area (Å²) >= 11 is 2.81. The number of imide groups is 1. The minimum Gasteiger partial charge on any atom is -0.296 e. The molecule has 2 aromatic carbocycles. The van der Waals surface area contributed by atoms with Crippen LogP contribution in [0.1, 0.15) is 42.2 Å². The van der Waals surface area contributed by atoms with Crippen molar-refractivity contribution in [2.24, 2.45) is 0 Å². The fourth-order valence-electron chi connectivity index (χ4n) is 3.60. The number of aromatic nitrogens is 2. The number of rotatable bonds is 4. The summed E-state index contributed by atoms with van der Waals surface area (Å²) in [6.07, 6.45) is 0. The molecule has 4 aromatic rings. The van der Waals surface area contributed by atoms with E-state index in [9.17, 15) is 14.4 Å². The molecular formula is C23H16N4O3S2. The van der Waals surface area contributed by atoms with Gasteiger partial charge in [-0.15, -0.1) is 21.5 Å². The largest absolute Gasteiger partial charge is 0.296 e. The van der Waals surface area contributed by atoms with Crippen LogP contribution in [0.4, 0.5) is 10.8 Å². The van der Waals surface area contributed by atoms with Crippen molar-refractivity contribution < 1.29 is 14.4 Å². The molecular weight excluding hydrogens is 444 g/mol. The van der Waals surface area contributed by atoms with E-state index in [1.54, 1.807) is 6.07 Å². The zero-order valence-corrected chi connectivity index (χ0v) is 18.7. The van der Waals surface area contributed by atoms with Crippen molar-refractivity contribution in [1.29, 1.82) is 0 Å². The average molecular weight is 461 g/mol. The van der Waals surface area contributed by atoms with Crippen molar-refractivity contribution in [3.8, 4) is 9.88 Å². The first-order valence-electron chi connectivity index (χ1n) is 9.71. The lowest BCUT2D eigenvalue weighted by atomic mass is 10.1. The van der Waals surface area contributed by atoms with Crippen molar-refractivity contribution in [2.75, 3.05) is 10.2 Å². The standard InChI is InChI=1S/C23H16N4O3S2/c1-12-5-8-17(13(2)10-12)27-21(29)15-7-6-14(11-16(15)22(27)30)19(28)24-23-26-25-20(32-23)18-4-3-9-31-18/h3-11H,1-2H3,(H,24,26,28). The van der Waals surface area contributed by atoms with Crippen LogP contribution >= 0.6 is 22.7 Å². The molecule has 0 unspecified atom stereocenters. The van der Waals surface area contributed by atoms with Crippen LogP contribution in [0.2, 0.25) is 0 Å². The Kier molecular flexibility index (Phi) is 4.91. The summed E-state index contributed by atoms with van der Waals surface area (Å²) in [6.45, 7) is 3.81. The van der Waals surface area contributed by atoms with Crippen LogP contribution in [-0.2, 0) is 0 Å². The third kappa shape index (κ3) is 3.41. The van der Waals surface area contributed by atoms with E-state index in [-0.39, 0.29) is 16.7 Å². The van der Waals surface area contributed by atoms with Crippen LogP contribution in [0.25, 0.3) is 9.88 Å². The Bertz CT molecular complexity index is 1390. The Balaban J connectivity index is 1.40. The van der Waals surface area contributed by atoms with Gasteiger partial charge in [0.05, 0.1) is 21.7 Å². The minimum absolute atomic E-state index is 0.208. The quantitative estimate of drug-likeness (QED) is 0.436. The number of benzene rings is 2. The molecule has 0 aliphatic carbocycles. The number of aryl methyl sites for hydroxylation is 2. The number of nitrogens with zero attached hydrogens (tertiary/aromatic N) is 3. The minimum atomic E-state index is -0.442. The second-order valence-electron chi connectivity index (χ2n) is 7.34. The molecule has 0 radical (unpaired) electrons. The Morgan fingerprint density at radius 3 is 2.53 bits per heavy atom. The van der Waals surface area contributed by atoms with Crippen molar-refractivity contribution in [1.82, 2.24) is 10.2 Å². The maximum atomic E-state index is 13.1. The molecule has 5 rings (SSSR count). The van der Waals surface area contributed by atoms with Gasteiger partial charge in [0.25, 0.3) is 17.7 Å². The number of fused-ring (bicyclic) bond motifs is 1. The lowest BCUT2D eigenvalue weighted by Crippen LogP contribution is -2.30. The van der Waals surface area contributed by atoms with Crippen LogP contribution in [0.3, 0.4) is 0 Å². The normalized spacial score (nSPS) is 12.9. The Morgan fingerprint density at radius 2 is 1.78 bits per heavy atom. The van der Waals surface area contributed by atoms with Gasteiger partial charge in [-0.05, 0) is 55.1 Å². The maximum Gasteiger partial charge on any atom is 0.266 e. The maximum absolute atomic E-state index is 13.1. The van der Waals surface area contributed by atoms with Gasteiger partial charge in [-0.1, -0.05) is 35.1 Å². The summed E-state index contributed by atoms with van der Waals surface area (Å²) < 4.78 is 0. The summed E-state index contributed by atoms with van der Waals surface area (Å²) in [5.41, 5.74) is 3.17. The molecule has 2 aromatic heterocycles. The van der Waals surface area contributed by atoms with Crippen LogP contribution < -0.4 is 10.2 Å². The highest BCUT2D eigenvalue weighted by atomic mass is 32.1. The zero-order chi connectivity index (χ0) is 22.4. The van der Waals surface area contributed by atoms with Gasteiger partial charge >= 0.3 is 0 Å². The molecule has 0 spiro atoms. The Morgan fingerprint density at radius 1 is 0.969 bits per heavy atom. The molecule has 7 nitrogen and oxygen atoms in total. The first-order valence-corrected chi connectivity index (χ1v) is 11.4. The molecule has 9 heteroatoms. The van der Waals surface area contributed by atoms with Crippen molar-refractivity contribution in [3.05, 3.63) is 81.7 Å². The van der Waals surface area contributed by atoms with Crippen LogP contribution in [0.5, 0.6) is 0 Å². The number of amides is 3. The lowest BCUT2D eigenvalue weighted by molar-refractivity contribution is 0.0925. The van der Waals surface area contributed by atoms with E-state index in [4.69, 9.17) is 0 Å². The summed E-state index contributed by atoms with van der Waals surface area (Å²) in [5.74, 6) is -1.26. The number of carbonyl (C=O) groups excluding carboxylic acids is 3. The topological polar surface area (TPSA) is 92.3 Å². The van der Waals surface area contributed by atoms with Crippen molar-refractivity contribution in [2.45, 2.75) is 13.8 Å². The summed E-state index contributed by atoms with van der Waals surface area (Å²) in [7, 11) is 0. The number of nitrogens with one attached hydrogen (secondary N) is 1. The fraction of sp³-hybridized carbons (Fsp3) is 0.0870. The molecule has 32 heavy (non-hydrogen) atoms. The first-order chi connectivity index (χ1) is 15.4. The van der Waals surface area contributed by atoms with Gasteiger partial charge in [0.2, 0.25) is 5.13 Å². The number of carbonyl (C=O) groups is 3. The van der Waals surface area contributed by atoms with E-state index in [0.717, 1.165) is 16.0 Å². The number of hydrogen-bond acceptors (Lipinski definition) is 7. The number of hydrogen-bond donors (Lipinski definition) is 1. The monoisotopic (exact) mass is 460 g/mol. The second kappa shape index (κ2) is 7.77. The Hall–Kier alpha value is -3.69. The number of anilines is 2. The van der Waals surface area contributed by atoms with E-state index >= 15 is 0 Å². The fourth-order valence-corrected chi connectivity index (χ4v) is 5.13. The predicted octanol–water partition coefficient (Wildman–Crippen LogP) is 4.94. The van der Waals surface area contributed by atoms with Crippen molar-refractivity contribution >= 4 is 51.2 Å². The molecule has 0 fully saturated rings. The number of thiophene rings is 1. The van der Waals surface area contributed by atoms with Gasteiger partial charge in [-0.2, -0.15) is 0 Å². The second-order valence-corrected chi connectivity index (χ2v) is 9.27.